The maximum absolute atomic E-state index is 12.1. The first-order valence-electron chi connectivity index (χ1n) is 7.29. The molecule has 6 nitrogen and oxygen atoms in total. The highest BCUT2D eigenvalue weighted by Gasteiger charge is 2.25. The normalized spacial score (nSPS) is 18.4. The lowest BCUT2D eigenvalue weighted by Gasteiger charge is -2.33. The molecule has 1 saturated heterocycles. The Bertz CT molecular complexity index is 478. The molecule has 114 valence electrons. The van der Waals surface area contributed by atoms with E-state index in [0.717, 1.165) is 39.0 Å². The van der Waals surface area contributed by atoms with E-state index in [1.807, 2.05) is 23.9 Å². The molecule has 2 heterocycles. The van der Waals surface area contributed by atoms with Crippen LogP contribution in [-0.2, 0) is 16.6 Å². The van der Waals surface area contributed by atoms with E-state index in [1.54, 1.807) is 10.5 Å². The predicted octanol–water partition coefficient (Wildman–Crippen LogP) is 0.631. The van der Waals surface area contributed by atoms with Crippen molar-refractivity contribution in [1.29, 1.82) is 0 Å². The van der Waals surface area contributed by atoms with Gasteiger partial charge in [-0.3, -0.25) is 9.58 Å². The number of hydrogen-bond donors (Lipinski definition) is 0. The summed E-state index contributed by atoms with van der Waals surface area (Å²) < 4.78 is 27.7. The molecule has 20 heavy (non-hydrogen) atoms. The molecule has 0 amide bonds. The summed E-state index contributed by atoms with van der Waals surface area (Å²) in [5.74, 6) is 0.288. The predicted molar refractivity (Wildman–Crippen MR) is 78.9 cm³/mol. The van der Waals surface area contributed by atoms with Crippen LogP contribution in [0.3, 0.4) is 0 Å². The highest BCUT2D eigenvalue weighted by Crippen LogP contribution is 2.09. The zero-order valence-corrected chi connectivity index (χ0v) is 12.9. The zero-order chi connectivity index (χ0) is 14.4. The molecule has 0 radical (unpaired) electrons. The molecule has 1 fully saturated rings. The Labute approximate surface area is 121 Å². The molecule has 0 N–H and O–H groups in total. The fraction of sp³-hybridized carbons (Fsp3) is 0.769. The Hall–Kier alpha value is -0.920. The van der Waals surface area contributed by atoms with Crippen LogP contribution in [0.25, 0.3) is 0 Å². The van der Waals surface area contributed by atoms with Gasteiger partial charge in [0.25, 0.3) is 0 Å². The summed E-state index contributed by atoms with van der Waals surface area (Å²) in [5.41, 5.74) is 0. The number of sulfonamides is 1. The van der Waals surface area contributed by atoms with Crippen molar-refractivity contribution in [2.24, 2.45) is 0 Å². The van der Waals surface area contributed by atoms with Crippen LogP contribution in [0.4, 0.5) is 0 Å². The fourth-order valence-corrected chi connectivity index (χ4v) is 4.00. The fourth-order valence-electron chi connectivity index (χ4n) is 2.36. The summed E-state index contributed by atoms with van der Waals surface area (Å²) in [5, 5.41) is 4.17. The molecule has 0 saturated carbocycles. The minimum Gasteiger partial charge on any atom is -0.299 e. The minimum atomic E-state index is -3.04. The van der Waals surface area contributed by atoms with Gasteiger partial charge in [-0.05, 0) is 12.5 Å². The van der Waals surface area contributed by atoms with Crippen molar-refractivity contribution in [3.8, 4) is 0 Å². The molecule has 0 bridgehead atoms. The smallest absolute Gasteiger partial charge is 0.214 e. The SMILES string of the molecule is CCCCS(=O)(=O)N1CCN(CCn2cccn2)CC1. The van der Waals surface area contributed by atoms with Gasteiger partial charge < -0.3 is 0 Å². The number of rotatable bonds is 7. The molecule has 1 aliphatic heterocycles. The van der Waals surface area contributed by atoms with Crippen molar-refractivity contribution < 1.29 is 8.42 Å². The third kappa shape index (κ3) is 4.29. The van der Waals surface area contributed by atoms with Crippen molar-refractivity contribution in [2.75, 3.05) is 38.5 Å². The Morgan fingerprint density at radius 2 is 1.90 bits per heavy atom. The van der Waals surface area contributed by atoms with E-state index < -0.39 is 10.0 Å². The lowest BCUT2D eigenvalue weighted by molar-refractivity contribution is 0.181. The van der Waals surface area contributed by atoms with E-state index >= 15 is 0 Å². The Morgan fingerprint density at radius 1 is 1.15 bits per heavy atom. The van der Waals surface area contributed by atoms with E-state index in [4.69, 9.17) is 0 Å². The first kappa shape index (κ1) is 15.5. The Morgan fingerprint density at radius 3 is 2.50 bits per heavy atom. The highest BCUT2D eigenvalue weighted by molar-refractivity contribution is 7.89. The topological polar surface area (TPSA) is 58.4 Å². The number of hydrogen-bond acceptors (Lipinski definition) is 4. The number of nitrogens with zero attached hydrogens (tertiary/aromatic N) is 4. The van der Waals surface area contributed by atoms with Gasteiger partial charge in [0, 0.05) is 45.1 Å². The maximum atomic E-state index is 12.1. The van der Waals surface area contributed by atoms with Gasteiger partial charge >= 0.3 is 0 Å². The van der Waals surface area contributed by atoms with Crippen LogP contribution in [0, 0.1) is 0 Å². The van der Waals surface area contributed by atoms with Crippen molar-refractivity contribution in [1.82, 2.24) is 19.0 Å². The monoisotopic (exact) mass is 300 g/mol. The molecule has 1 aromatic heterocycles. The second-order valence-corrected chi connectivity index (χ2v) is 7.27. The van der Waals surface area contributed by atoms with Crippen LogP contribution in [0.15, 0.2) is 18.5 Å². The average Bonchev–Trinajstić information content (AvgIpc) is 2.97. The van der Waals surface area contributed by atoms with E-state index in [9.17, 15) is 8.42 Å². The van der Waals surface area contributed by atoms with E-state index in [0.29, 0.717) is 13.1 Å². The van der Waals surface area contributed by atoms with E-state index in [2.05, 4.69) is 10.00 Å². The van der Waals surface area contributed by atoms with Gasteiger partial charge in [-0.25, -0.2) is 8.42 Å². The summed E-state index contributed by atoms with van der Waals surface area (Å²) in [6.45, 7) is 6.65. The summed E-state index contributed by atoms with van der Waals surface area (Å²) in [4.78, 5) is 2.30. The zero-order valence-electron chi connectivity index (χ0n) is 12.1. The molecule has 1 aliphatic rings. The van der Waals surface area contributed by atoms with Crippen LogP contribution in [-0.4, -0.2) is 65.9 Å². The van der Waals surface area contributed by atoms with Gasteiger partial charge in [0.1, 0.15) is 0 Å². The van der Waals surface area contributed by atoms with Gasteiger partial charge in [-0.1, -0.05) is 13.3 Å². The van der Waals surface area contributed by atoms with Crippen molar-refractivity contribution >= 4 is 10.0 Å². The standard InChI is InChI=1S/C13H24N4O2S/c1-2-3-13-20(18,19)17-11-8-15(9-12-17)7-10-16-6-4-5-14-16/h4-6H,2-3,7-13H2,1H3. The van der Waals surface area contributed by atoms with Gasteiger partial charge in [0.05, 0.1) is 12.3 Å². The first-order valence-corrected chi connectivity index (χ1v) is 8.90. The minimum absolute atomic E-state index is 0.288. The Balaban J connectivity index is 1.74. The van der Waals surface area contributed by atoms with Crippen LogP contribution < -0.4 is 0 Å². The van der Waals surface area contributed by atoms with Gasteiger partial charge in [0.2, 0.25) is 10.0 Å². The van der Waals surface area contributed by atoms with Crippen LogP contribution in [0.1, 0.15) is 19.8 Å². The quantitative estimate of drug-likeness (QED) is 0.741. The molecule has 0 aromatic carbocycles. The van der Waals surface area contributed by atoms with Gasteiger partial charge in [-0.15, -0.1) is 0 Å². The third-order valence-electron chi connectivity index (χ3n) is 3.69. The van der Waals surface area contributed by atoms with Crippen molar-refractivity contribution in [3.05, 3.63) is 18.5 Å². The highest BCUT2D eigenvalue weighted by atomic mass is 32.2. The molecule has 7 heteroatoms. The molecule has 0 spiro atoms. The second kappa shape index (κ2) is 7.19. The van der Waals surface area contributed by atoms with Crippen LogP contribution >= 0.6 is 0 Å². The summed E-state index contributed by atoms with van der Waals surface area (Å²) in [6.07, 6.45) is 5.40. The molecule has 0 atom stereocenters. The van der Waals surface area contributed by atoms with Gasteiger partial charge in [-0.2, -0.15) is 9.40 Å². The summed E-state index contributed by atoms with van der Waals surface area (Å²) in [6, 6.07) is 1.91. The first-order chi connectivity index (χ1) is 9.62. The summed E-state index contributed by atoms with van der Waals surface area (Å²) in [7, 11) is -3.04. The molecular weight excluding hydrogens is 276 g/mol. The second-order valence-electron chi connectivity index (χ2n) is 5.18. The van der Waals surface area contributed by atoms with Crippen molar-refractivity contribution in [3.63, 3.8) is 0 Å². The number of aromatic nitrogens is 2. The largest absolute Gasteiger partial charge is 0.299 e. The number of piperazine rings is 1. The van der Waals surface area contributed by atoms with E-state index in [1.165, 1.54) is 0 Å². The number of unbranched alkanes of at least 4 members (excludes halogenated alkanes) is 1. The van der Waals surface area contributed by atoms with Gasteiger partial charge in [0.15, 0.2) is 0 Å². The van der Waals surface area contributed by atoms with Crippen LogP contribution in [0.5, 0.6) is 0 Å². The van der Waals surface area contributed by atoms with E-state index in [-0.39, 0.29) is 5.75 Å². The summed E-state index contributed by atoms with van der Waals surface area (Å²) >= 11 is 0. The molecular formula is C13H24N4O2S. The maximum Gasteiger partial charge on any atom is 0.214 e. The molecule has 0 unspecified atom stereocenters. The lowest BCUT2D eigenvalue weighted by atomic mass is 10.3. The van der Waals surface area contributed by atoms with Crippen molar-refractivity contribution in [2.45, 2.75) is 26.3 Å². The van der Waals surface area contributed by atoms with Crippen LogP contribution in [0.2, 0.25) is 0 Å². The molecule has 0 aliphatic carbocycles. The third-order valence-corrected chi connectivity index (χ3v) is 5.64. The molecule has 1 aromatic rings. The lowest BCUT2D eigenvalue weighted by Crippen LogP contribution is -2.49. The molecule has 2 rings (SSSR count). The Kier molecular flexibility index (Phi) is 5.56. The average molecular weight is 300 g/mol.